The summed E-state index contributed by atoms with van der Waals surface area (Å²) in [5, 5.41) is 12.6. The second-order valence-corrected chi connectivity index (χ2v) is 5.19. The average molecular weight is 228 g/mol. The zero-order chi connectivity index (χ0) is 11.3. The third-order valence-corrected chi connectivity index (χ3v) is 3.31. The third kappa shape index (κ3) is 4.28. The van der Waals surface area contributed by atoms with Crippen LogP contribution in [0.4, 0.5) is 0 Å². The van der Waals surface area contributed by atoms with Crippen molar-refractivity contribution in [2.75, 3.05) is 6.61 Å². The summed E-state index contributed by atoms with van der Waals surface area (Å²) in [4.78, 5) is 5.46. The number of aromatic nitrogens is 1. The molecule has 0 bridgehead atoms. The number of nitrogens with one attached hydrogen (secondary N) is 1. The largest absolute Gasteiger partial charge is 0.395 e. The van der Waals surface area contributed by atoms with E-state index in [0.29, 0.717) is 5.92 Å². The molecule has 1 atom stereocenters. The summed E-state index contributed by atoms with van der Waals surface area (Å²) < 4.78 is 0. The molecule has 86 valence electrons. The van der Waals surface area contributed by atoms with E-state index in [1.165, 1.54) is 4.88 Å². The fourth-order valence-electron chi connectivity index (χ4n) is 1.52. The molecule has 4 heteroatoms. The van der Waals surface area contributed by atoms with Crippen LogP contribution in [-0.2, 0) is 6.54 Å². The summed E-state index contributed by atoms with van der Waals surface area (Å²) in [7, 11) is 0. The summed E-state index contributed by atoms with van der Waals surface area (Å²) >= 11 is 1.67. The van der Waals surface area contributed by atoms with E-state index in [2.05, 4.69) is 24.1 Å². The predicted octanol–water partition coefficient (Wildman–Crippen LogP) is 1.95. The zero-order valence-electron chi connectivity index (χ0n) is 9.66. The lowest BCUT2D eigenvalue weighted by Gasteiger charge is -2.17. The monoisotopic (exact) mass is 228 g/mol. The number of aliphatic hydroxyl groups excluding tert-OH is 1. The Hall–Kier alpha value is -0.450. The van der Waals surface area contributed by atoms with Gasteiger partial charge in [0.2, 0.25) is 0 Å². The van der Waals surface area contributed by atoms with Crippen molar-refractivity contribution in [1.29, 1.82) is 0 Å². The maximum absolute atomic E-state index is 9.20. The molecule has 0 aliphatic carbocycles. The first-order chi connectivity index (χ1) is 7.13. The number of thiazole rings is 1. The molecule has 2 N–H and O–H groups in total. The Balaban J connectivity index is 2.37. The van der Waals surface area contributed by atoms with Crippen LogP contribution in [-0.4, -0.2) is 22.7 Å². The zero-order valence-corrected chi connectivity index (χ0v) is 10.5. The van der Waals surface area contributed by atoms with E-state index < -0.39 is 0 Å². The highest BCUT2D eigenvalue weighted by Gasteiger charge is 2.10. The van der Waals surface area contributed by atoms with Crippen molar-refractivity contribution < 1.29 is 5.11 Å². The van der Waals surface area contributed by atoms with Crippen LogP contribution < -0.4 is 5.32 Å². The molecule has 1 rings (SSSR count). The minimum Gasteiger partial charge on any atom is -0.395 e. The predicted molar refractivity (Wildman–Crippen MR) is 64.0 cm³/mol. The maximum Gasteiger partial charge on any atom is 0.0798 e. The van der Waals surface area contributed by atoms with Gasteiger partial charge in [0, 0.05) is 17.5 Å². The van der Waals surface area contributed by atoms with Crippen molar-refractivity contribution in [3.05, 3.63) is 16.1 Å². The summed E-state index contributed by atoms with van der Waals surface area (Å²) in [6.45, 7) is 7.37. The molecule has 0 saturated heterocycles. The van der Waals surface area contributed by atoms with Crippen LogP contribution in [0.15, 0.2) is 5.51 Å². The molecule has 0 fully saturated rings. The van der Waals surface area contributed by atoms with Gasteiger partial charge in [0.15, 0.2) is 0 Å². The van der Waals surface area contributed by atoms with Crippen LogP contribution in [0.25, 0.3) is 0 Å². The SMILES string of the molecule is Cc1ncsc1CN[C@@H](CO)CC(C)C. The quantitative estimate of drug-likeness (QED) is 0.782. The van der Waals surface area contributed by atoms with E-state index in [9.17, 15) is 5.11 Å². The first-order valence-electron chi connectivity index (χ1n) is 5.36. The third-order valence-electron chi connectivity index (χ3n) is 2.37. The van der Waals surface area contributed by atoms with Gasteiger partial charge in [-0.25, -0.2) is 4.98 Å². The molecule has 3 nitrogen and oxygen atoms in total. The topological polar surface area (TPSA) is 45.2 Å². The molecule has 0 unspecified atom stereocenters. The fraction of sp³-hybridized carbons (Fsp3) is 0.727. The van der Waals surface area contributed by atoms with Crippen molar-refractivity contribution in [1.82, 2.24) is 10.3 Å². The van der Waals surface area contributed by atoms with Gasteiger partial charge in [-0.2, -0.15) is 0 Å². The van der Waals surface area contributed by atoms with Gasteiger partial charge in [-0.05, 0) is 19.3 Å². The van der Waals surface area contributed by atoms with Gasteiger partial charge >= 0.3 is 0 Å². The first kappa shape index (κ1) is 12.6. The number of nitrogens with zero attached hydrogens (tertiary/aromatic N) is 1. The minimum atomic E-state index is 0.200. The number of hydrogen-bond donors (Lipinski definition) is 2. The summed E-state index contributed by atoms with van der Waals surface area (Å²) in [6, 6.07) is 0.200. The molecule has 0 spiro atoms. The van der Waals surface area contributed by atoms with E-state index in [1.807, 2.05) is 12.4 Å². The van der Waals surface area contributed by atoms with Crippen LogP contribution in [0.5, 0.6) is 0 Å². The summed E-state index contributed by atoms with van der Waals surface area (Å²) in [5.41, 5.74) is 2.96. The van der Waals surface area contributed by atoms with Crippen LogP contribution in [0, 0.1) is 12.8 Å². The molecule has 0 amide bonds. The maximum atomic E-state index is 9.20. The Bertz CT molecular complexity index is 286. The van der Waals surface area contributed by atoms with Crippen LogP contribution in [0.3, 0.4) is 0 Å². The molecule has 0 aliphatic rings. The van der Waals surface area contributed by atoms with E-state index in [0.717, 1.165) is 18.7 Å². The van der Waals surface area contributed by atoms with Gasteiger partial charge in [-0.15, -0.1) is 11.3 Å². The molecule has 0 radical (unpaired) electrons. The number of hydrogen-bond acceptors (Lipinski definition) is 4. The van der Waals surface area contributed by atoms with Gasteiger partial charge in [0.1, 0.15) is 0 Å². The molecule has 15 heavy (non-hydrogen) atoms. The molecule has 0 saturated carbocycles. The highest BCUT2D eigenvalue weighted by molar-refractivity contribution is 7.09. The Morgan fingerprint density at radius 2 is 2.27 bits per heavy atom. The van der Waals surface area contributed by atoms with Crippen molar-refractivity contribution >= 4 is 11.3 Å². The van der Waals surface area contributed by atoms with Crippen LogP contribution in [0.2, 0.25) is 0 Å². The Labute approximate surface area is 95.6 Å². The van der Waals surface area contributed by atoms with Crippen molar-refractivity contribution in [2.45, 2.75) is 39.8 Å². The molecule has 0 aliphatic heterocycles. The fourth-order valence-corrected chi connectivity index (χ4v) is 2.25. The molecular formula is C11H20N2OS. The second-order valence-electron chi connectivity index (χ2n) is 4.25. The van der Waals surface area contributed by atoms with Gasteiger partial charge in [0.25, 0.3) is 0 Å². The van der Waals surface area contributed by atoms with Crippen LogP contribution >= 0.6 is 11.3 Å². The Kier molecular flexibility index (Phi) is 5.22. The highest BCUT2D eigenvalue weighted by Crippen LogP contribution is 2.12. The van der Waals surface area contributed by atoms with Crippen molar-refractivity contribution in [2.24, 2.45) is 5.92 Å². The summed E-state index contributed by atoms with van der Waals surface area (Å²) in [5.74, 6) is 0.609. The first-order valence-corrected chi connectivity index (χ1v) is 6.24. The number of aliphatic hydroxyl groups is 1. The summed E-state index contributed by atoms with van der Waals surface area (Å²) in [6.07, 6.45) is 1.01. The standard InChI is InChI=1S/C11H20N2OS/c1-8(2)4-10(6-14)12-5-11-9(3)13-7-15-11/h7-8,10,12,14H,4-6H2,1-3H3/t10-/m1/s1. The van der Waals surface area contributed by atoms with E-state index in [4.69, 9.17) is 0 Å². The highest BCUT2D eigenvalue weighted by atomic mass is 32.1. The number of rotatable bonds is 6. The van der Waals surface area contributed by atoms with E-state index >= 15 is 0 Å². The lowest BCUT2D eigenvalue weighted by atomic mass is 10.0. The van der Waals surface area contributed by atoms with E-state index in [1.54, 1.807) is 11.3 Å². The van der Waals surface area contributed by atoms with E-state index in [-0.39, 0.29) is 12.6 Å². The van der Waals surface area contributed by atoms with Crippen molar-refractivity contribution in [3.63, 3.8) is 0 Å². The van der Waals surface area contributed by atoms with Gasteiger partial charge in [-0.1, -0.05) is 13.8 Å². The lowest BCUT2D eigenvalue weighted by molar-refractivity contribution is 0.224. The molecule has 1 heterocycles. The van der Waals surface area contributed by atoms with Gasteiger partial charge in [0.05, 0.1) is 17.8 Å². The second kappa shape index (κ2) is 6.20. The Morgan fingerprint density at radius 1 is 1.53 bits per heavy atom. The Morgan fingerprint density at radius 3 is 2.73 bits per heavy atom. The van der Waals surface area contributed by atoms with Gasteiger partial charge < -0.3 is 10.4 Å². The smallest absolute Gasteiger partial charge is 0.0798 e. The average Bonchev–Trinajstić information content (AvgIpc) is 2.58. The molecule has 0 aromatic carbocycles. The van der Waals surface area contributed by atoms with Crippen molar-refractivity contribution in [3.8, 4) is 0 Å². The minimum absolute atomic E-state index is 0.200. The normalized spacial score (nSPS) is 13.4. The lowest BCUT2D eigenvalue weighted by Crippen LogP contribution is -2.33. The molecule has 1 aromatic heterocycles. The molecule has 1 aromatic rings. The van der Waals surface area contributed by atoms with Gasteiger partial charge in [-0.3, -0.25) is 0 Å². The van der Waals surface area contributed by atoms with Crippen LogP contribution in [0.1, 0.15) is 30.8 Å². The molecular weight excluding hydrogens is 208 g/mol. The number of aryl methyl sites for hydroxylation is 1.